The number of halogens is 3. The molecule has 0 aliphatic rings. The number of nitrogens with zero attached hydrogens (tertiary/aromatic N) is 1. The highest BCUT2D eigenvalue weighted by Gasteiger charge is 2.10. The van der Waals surface area contributed by atoms with Gasteiger partial charge in [0.05, 0.1) is 5.52 Å². The van der Waals surface area contributed by atoms with Crippen LogP contribution < -0.4 is 0 Å². The first-order valence-electron chi connectivity index (χ1n) is 5.66. The van der Waals surface area contributed by atoms with E-state index in [1.807, 2.05) is 36.4 Å². The van der Waals surface area contributed by atoms with E-state index in [1.165, 1.54) is 0 Å². The first-order valence-corrected chi connectivity index (χ1v) is 6.79. The molecule has 4 heteroatoms. The van der Waals surface area contributed by atoms with Gasteiger partial charge < -0.3 is 0 Å². The molecule has 0 saturated carbocycles. The Morgan fingerprint density at radius 1 is 0.789 bits per heavy atom. The number of benzene rings is 2. The Morgan fingerprint density at radius 3 is 2.37 bits per heavy atom. The molecule has 0 bridgehead atoms. The number of para-hydroxylation sites is 1. The molecule has 3 aromatic rings. The van der Waals surface area contributed by atoms with E-state index >= 15 is 0 Å². The van der Waals surface area contributed by atoms with E-state index < -0.39 is 0 Å². The van der Waals surface area contributed by atoms with Gasteiger partial charge in [-0.3, -0.25) is 0 Å². The van der Waals surface area contributed by atoms with Crippen LogP contribution in [0.1, 0.15) is 0 Å². The van der Waals surface area contributed by atoms with Crippen LogP contribution >= 0.6 is 34.8 Å². The van der Waals surface area contributed by atoms with Gasteiger partial charge in [0.25, 0.3) is 0 Å². The number of pyridine rings is 1. The van der Waals surface area contributed by atoms with Gasteiger partial charge in [-0.2, -0.15) is 0 Å². The normalized spacial score (nSPS) is 10.9. The van der Waals surface area contributed by atoms with Gasteiger partial charge in [-0.05, 0) is 24.3 Å². The molecule has 0 N–H and O–H groups in total. The maximum absolute atomic E-state index is 6.25. The lowest BCUT2D eigenvalue weighted by atomic mass is 10.1. The first kappa shape index (κ1) is 12.7. The fourth-order valence-electron chi connectivity index (χ4n) is 1.99. The molecule has 0 saturated heterocycles. The Hall–Kier alpha value is -1.28. The Morgan fingerprint density at radius 2 is 1.58 bits per heavy atom. The van der Waals surface area contributed by atoms with Crippen LogP contribution in [0.15, 0.2) is 48.5 Å². The zero-order valence-electron chi connectivity index (χ0n) is 9.70. The summed E-state index contributed by atoms with van der Waals surface area (Å²) in [5.74, 6) is 0. The van der Waals surface area contributed by atoms with Gasteiger partial charge in [0.1, 0.15) is 5.15 Å². The van der Waals surface area contributed by atoms with Crippen molar-refractivity contribution in [2.24, 2.45) is 0 Å². The zero-order valence-corrected chi connectivity index (χ0v) is 12.0. The van der Waals surface area contributed by atoms with Gasteiger partial charge in [-0.15, -0.1) is 0 Å². The van der Waals surface area contributed by atoms with Gasteiger partial charge in [0.2, 0.25) is 0 Å². The Bertz CT molecular complexity index is 768. The monoisotopic (exact) mass is 307 g/mol. The van der Waals surface area contributed by atoms with Crippen molar-refractivity contribution in [2.75, 3.05) is 0 Å². The third-order valence-electron chi connectivity index (χ3n) is 2.90. The van der Waals surface area contributed by atoms with E-state index in [1.54, 1.807) is 12.1 Å². The fourth-order valence-corrected chi connectivity index (χ4v) is 2.75. The van der Waals surface area contributed by atoms with Crippen molar-refractivity contribution in [3.05, 3.63) is 63.7 Å². The summed E-state index contributed by atoms with van der Waals surface area (Å²) < 4.78 is 0. The molecule has 0 amide bonds. The Kier molecular flexibility index (Phi) is 3.36. The molecule has 2 aromatic carbocycles. The van der Waals surface area contributed by atoms with Crippen LogP contribution in [0.3, 0.4) is 0 Å². The quantitative estimate of drug-likeness (QED) is 0.513. The van der Waals surface area contributed by atoms with Gasteiger partial charge in [-0.25, -0.2) is 4.98 Å². The van der Waals surface area contributed by atoms with Gasteiger partial charge in [-0.1, -0.05) is 59.1 Å². The summed E-state index contributed by atoms with van der Waals surface area (Å²) in [6, 6.07) is 15.1. The molecule has 0 spiro atoms. The average Bonchev–Trinajstić information content (AvgIpc) is 2.38. The fraction of sp³-hybridized carbons (Fsp3) is 0. The average molecular weight is 309 g/mol. The lowest BCUT2D eigenvalue weighted by Crippen LogP contribution is -1.87. The summed E-state index contributed by atoms with van der Waals surface area (Å²) in [6.45, 7) is 0. The van der Waals surface area contributed by atoms with Crippen molar-refractivity contribution in [1.82, 2.24) is 4.98 Å². The van der Waals surface area contributed by atoms with Crippen molar-refractivity contribution < 1.29 is 0 Å². The van der Waals surface area contributed by atoms with E-state index in [9.17, 15) is 0 Å². The maximum Gasteiger partial charge on any atom is 0.137 e. The minimum absolute atomic E-state index is 0.433. The lowest BCUT2D eigenvalue weighted by molar-refractivity contribution is 1.41. The summed E-state index contributed by atoms with van der Waals surface area (Å²) in [5.41, 5.74) is 2.50. The lowest BCUT2D eigenvalue weighted by Gasteiger charge is -2.08. The van der Waals surface area contributed by atoms with Crippen LogP contribution in [-0.2, 0) is 0 Å². The zero-order chi connectivity index (χ0) is 13.4. The second kappa shape index (κ2) is 5.01. The molecule has 0 unspecified atom stereocenters. The van der Waals surface area contributed by atoms with Gasteiger partial charge in [0.15, 0.2) is 0 Å². The topological polar surface area (TPSA) is 12.9 Å². The van der Waals surface area contributed by atoms with Crippen LogP contribution in [0.5, 0.6) is 0 Å². The highest BCUT2D eigenvalue weighted by atomic mass is 35.5. The first-order chi connectivity index (χ1) is 9.15. The number of fused-ring (bicyclic) bond motifs is 1. The van der Waals surface area contributed by atoms with Crippen molar-refractivity contribution in [2.45, 2.75) is 0 Å². The molecule has 94 valence electrons. The highest BCUT2D eigenvalue weighted by molar-refractivity contribution is 6.38. The molecule has 19 heavy (non-hydrogen) atoms. The van der Waals surface area contributed by atoms with E-state index in [0.29, 0.717) is 15.2 Å². The number of rotatable bonds is 1. The summed E-state index contributed by atoms with van der Waals surface area (Å²) in [6.07, 6.45) is 0. The molecule has 1 nitrogen and oxygen atoms in total. The molecule has 1 heterocycles. The molecule has 0 atom stereocenters. The Balaban J connectivity index is 2.27. The maximum atomic E-state index is 6.25. The predicted octanol–water partition coefficient (Wildman–Crippen LogP) is 5.86. The van der Waals surface area contributed by atoms with Crippen LogP contribution in [0, 0.1) is 0 Å². The standard InChI is InChI=1S/C15H8Cl3N/c16-10-5-6-11(13(17)8-10)12-7-9-3-1-2-4-14(9)19-15(12)18/h1-8H. The van der Waals surface area contributed by atoms with E-state index in [2.05, 4.69) is 4.98 Å². The Labute approximate surface area is 125 Å². The second-order valence-corrected chi connectivity index (χ2v) is 5.35. The number of hydrogen-bond donors (Lipinski definition) is 0. The third-order valence-corrected chi connectivity index (χ3v) is 3.73. The SMILES string of the molecule is Clc1ccc(-c2cc3ccccc3nc2Cl)c(Cl)c1. The van der Waals surface area contributed by atoms with Crippen molar-refractivity contribution in [3.8, 4) is 11.1 Å². The van der Waals surface area contributed by atoms with E-state index in [4.69, 9.17) is 34.8 Å². The largest absolute Gasteiger partial charge is 0.235 e. The summed E-state index contributed by atoms with van der Waals surface area (Å²) in [5, 5.41) is 2.61. The highest BCUT2D eigenvalue weighted by Crippen LogP contribution is 2.35. The third kappa shape index (κ3) is 2.42. The molecule has 1 aromatic heterocycles. The van der Waals surface area contributed by atoms with Crippen LogP contribution in [0.2, 0.25) is 15.2 Å². The summed E-state index contributed by atoms with van der Waals surface area (Å²) in [4.78, 5) is 4.39. The van der Waals surface area contributed by atoms with E-state index in [-0.39, 0.29) is 0 Å². The number of aromatic nitrogens is 1. The summed E-state index contributed by atoms with van der Waals surface area (Å²) in [7, 11) is 0. The molecule has 0 fully saturated rings. The molecule has 3 rings (SSSR count). The molecule has 0 aliphatic carbocycles. The van der Waals surface area contributed by atoms with Crippen molar-refractivity contribution >= 4 is 45.7 Å². The van der Waals surface area contributed by atoms with Crippen LogP contribution in [0.4, 0.5) is 0 Å². The molecular formula is C15H8Cl3N. The number of hydrogen-bond acceptors (Lipinski definition) is 1. The predicted molar refractivity (Wildman–Crippen MR) is 82.2 cm³/mol. The molecule has 0 radical (unpaired) electrons. The van der Waals surface area contributed by atoms with E-state index in [0.717, 1.165) is 22.0 Å². The molecule has 0 aliphatic heterocycles. The van der Waals surface area contributed by atoms with Crippen LogP contribution in [-0.4, -0.2) is 4.98 Å². The summed E-state index contributed by atoms with van der Waals surface area (Å²) >= 11 is 18.4. The second-order valence-electron chi connectivity index (χ2n) is 4.14. The van der Waals surface area contributed by atoms with Crippen molar-refractivity contribution in [1.29, 1.82) is 0 Å². The molecular weight excluding hydrogens is 301 g/mol. The van der Waals surface area contributed by atoms with Gasteiger partial charge >= 0.3 is 0 Å². The van der Waals surface area contributed by atoms with Gasteiger partial charge in [0, 0.05) is 26.6 Å². The van der Waals surface area contributed by atoms with Crippen LogP contribution in [0.25, 0.3) is 22.0 Å². The minimum atomic E-state index is 0.433. The minimum Gasteiger partial charge on any atom is -0.235 e. The smallest absolute Gasteiger partial charge is 0.137 e. The van der Waals surface area contributed by atoms with Crippen molar-refractivity contribution in [3.63, 3.8) is 0 Å².